The molecule has 8 nitrogen and oxygen atoms in total. The number of carbonyl (C=O) groups excluding carboxylic acids is 1. The van der Waals surface area contributed by atoms with Gasteiger partial charge in [0.2, 0.25) is 27.6 Å². The van der Waals surface area contributed by atoms with Crippen LogP contribution in [0.4, 0.5) is 0 Å². The minimum Gasteiger partial charge on any atom is -0.347 e. The van der Waals surface area contributed by atoms with E-state index in [1.165, 1.54) is 0 Å². The third-order valence-electron chi connectivity index (χ3n) is 4.77. The van der Waals surface area contributed by atoms with Gasteiger partial charge in [0.1, 0.15) is 0 Å². The fraction of sp³-hybridized carbons (Fsp3) is 0.500. The van der Waals surface area contributed by atoms with Crippen LogP contribution in [0.1, 0.15) is 31.6 Å². The molecule has 9 heteroatoms. The van der Waals surface area contributed by atoms with Gasteiger partial charge in [-0.3, -0.25) is 4.79 Å². The van der Waals surface area contributed by atoms with E-state index in [2.05, 4.69) is 20.2 Å². The SMILES string of the molecule is CS(=O)(=O)NCC1CCC(C(=O)NCc2nc(-c3ccccc3)no2)CC1. The first kappa shape index (κ1) is 19.5. The zero-order chi connectivity index (χ0) is 19.3. The number of aromatic nitrogens is 2. The molecule has 0 saturated heterocycles. The second-order valence-corrected chi connectivity index (χ2v) is 8.77. The Labute approximate surface area is 158 Å². The standard InChI is InChI=1S/C18H24N4O4S/c1-27(24,25)20-11-13-7-9-15(10-8-13)18(23)19-12-16-21-17(22-26-16)14-5-3-2-4-6-14/h2-6,13,15,20H,7-12H2,1H3,(H,19,23). The molecule has 0 aliphatic heterocycles. The van der Waals surface area contributed by atoms with Gasteiger partial charge in [-0.25, -0.2) is 13.1 Å². The van der Waals surface area contributed by atoms with Crippen molar-refractivity contribution in [2.75, 3.05) is 12.8 Å². The van der Waals surface area contributed by atoms with E-state index in [0.29, 0.717) is 18.3 Å². The highest BCUT2D eigenvalue weighted by molar-refractivity contribution is 7.88. The Morgan fingerprint density at radius 2 is 1.89 bits per heavy atom. The van der Waals surface area contributed by atoms with Crippen molar-refractivity contribution in [2.24, 2.45) is 11.8 Å². The first-order valence-electron chi connectivity index (χ1n) is 9.01. The molecular weight excluding hydrogens is 368 g/mol. The lowest BCUT2D eigenvalue weighted by atomic mass is 9.81. The van der Waals surface area contributed by atoms with Crippen molar-refractivity contribution >= 4 is 15.9 Å². The number of benzene rings is 1. The summed E-state index contributed by atoms with van der Waals surface area (Å²) in [6, 6.07) is 9.50. The first-order chi connectivity index (χ1) is 12.9. The molecule has 27 heavy (non-hydrogen) atoms. The van der Waals surface area contributed by atoms with Gasteiger partial charge < -0.3 is 9.84 Å². The molecule has 1 heterocycles. The van der Waals surface area contributed by atoms with Gasteiger partial charge in [0.05, 0.1) is 12.8 Å². The van der Waals surface area contributed by atoms with E-state index >= 15 is 0 Å². The van der Waals surface area contributed by atoms with Crippen molar-refractivity contribution in [3.8, 4) is 11.4 Å². The summed E-state index contributed by atoms with van der Waals surface area (Å²) in [6.45, 7) is 0.644. The molecule has 1 fully saturated rings. The monoisotopic (exact) mass is 392 g/mol. The molecule has 1 aromatic carbocycles. The third kappa shape index (κ3) is 5.86. The van der Waals surface area contributed by atoms with Gasteiger partial charge in [0.15, 0.2) is 0 Å². The zero-order valence-electron chi connectivity index (χ0n) is 15.2. The second kappa shape index (κ2) is 8.62. The summed E-state index contributed by atoms with van der Waals surface area (Å²) in [5.41, 5.74) is 0.861. The van der Waals surface area contributed by atoms with Crippen LogP contribution in [0.2, 0.25) is 0 Å². The van der Waals surface area contributed by atoms with Crippen LogP contribution in [-0.2, 0) is 21.4 Å². The molecule has 1 amide bonds. The zero-order valence-corrected chi connectivity index (χ0v) is 16.0. The van der Waals surface area contributed by atoms with Crippen LogP contribution in [-0.4, -0.2) is 37.3 Å². The molecule has 1 saturated carbocycles. The Morgan fingerprint density at radius 1 is 1.19 bits per heavy atom. The summed E-state index contributed by atoms with van der Waals surface area (Å²) in [5.74, 6) is 1.07. The molecule has 2 aromatic rings. The predicted octanol–water partition coefficient (Wildman–Crippen LogP) is 1.71. The number of nitrogens with one attached hydrogen (secondary N) is 2. The normalized spacial score (nSPS) is 20.3. The number of hydrogen-bond donors (Lipinski definition) is 2. The van der Waals surface area contributed by atoms with E-state index in [4.69, 9.17) is 4.52 Å². The van der Waals surface area contributed by atoms with Crippen LogP contribution >= 0.6 is 0 Å². The molecule has 0 spiro atoms. The van der Waals surface area contributed by atoms with Crippen molar-refractivity contribution in [1.29, 1.82) is 0 Å². The topological polar surface area (TPSA) is 114 Å². The molecule has 0 unspecified atom stereocenters. The van der Waals surface area contributed by atoms with Crippen LogP contribution in [0.3, 0.4) is 0 Å². The van der Waals surface area contributed by atoms with Crippen LogP contribution in [0.5, 0.6) is 0 Å². The average Bonchev–Trinajstić information content (AvgIpc) is 3.14. The van der Waals surface area contributed by atoms with Crippen LogP contribution < -0.4 is 10.0 Å². The Kier molecular flexibility index (Phi) is 6.22. The summed E-state index contributed by atoms with van der Waals surface area (Å²) < 4.78 is 30.1. The summed E-state index contributed by atoms with van der Waals surface area (Å²) in [5, 5.41) is 6.79. The fourth-order valence-corrected chi connectivity index (χ4v) is 3.77. The maximum Gasteiger partial charge on any atom is 0.246 e. The van der Waals surface area contributed by atoms with E-state index in [0.717, 1.165) is 37.5 Å². The van der Waals surface area contributed by atoms with Crippen LogP contribution in [0.15, 0.2) is 34.9 Å². The smallest absolute Gasteiger partial charge is 0.246 e. The minimum atomic E-state index is -3.16. The second-order valence-electron chi connectivity index (χ2n) is 6.93. The lowest BCUT2D eigenvalue weighted by Crippen LogP contribution is -2.35. The summed E-state index contributed by atoms with van der Waals surface area (Å²) >= 11 is 0. The molecule has 0 atom stereocenters. The first-order valence-corrected chi connectivity index (χ1v) is 10.9. The molecule has 0 bridgehead atoms. The van der Waals surface area contributed by atoms with Gasteiger partial charge in [-0.15, -0.1) is 0 Å². The third-order valence-corrected chi connectivity index (χ3v) is 5.46. The Balaban J connectivity index is 1.43. The predicted molar refractivity (Wildman–Crippen MR) is 99.9 cm³/mol. The van der Waals surface area contributed by atoms with Gasteiger partial charge in [0, 0.05) is 18.0 Å². The van der Waals surface area contributed by atoms with Gasteiger partial charge in [-0.1, -0.05) is 35.5 Å². The molecular formula is C18H24N4O4S. The highest BCUT2D eigenvalue weighted by atomic mass is 32.2. The highest BCUT2D eigenvalue weighted by Gasteiger charge is 2.26. The van der Waals surface area contributed by atoms with Crippen molar-refractivity contribution < 1.29 is 17.7 Å². The lowest BCUT2D eigenvalue weighted by molar-refractivity contribution is -0.126. The van der Waals surface area contributed by atoms with Crippen LogP contribution in [0.25, 0.3) is 11.4 Å². The molecule has 2 N–H and O–H groups in total. The highest BCUT2D eigenvalue weighted by Crippen LogP contribution is 2.28. The van der Waals surface area contributed by atoms with Gasteiger partial charge in [-0.05, 0) is 31.6 Å². The van der Waals surface area contributed by atoms with Gasteiger partial charge >= 0.3 is 0 Å². The lowest BCUT2D eigenvalue weighted by Gasteiger charge is -2.27. The van der Waals surface area contributed by atoms with Gasteiger partial charge in [-0.2, -0.15) is 4.98 Å². The summed E-state index contributed by atoms with van der Waals surface area (Å²) in [7, 11) is -3.16. The maximum atomic E-state index is 12.4. The van der Waals surface area contributed by atoms with Gasteiger partial charge in [0.25, 0.3) is 0 Å². The van der Waals surface area contributed by atoms with E-state index in [1.54, 1.807) is 0 Å². The van der Waals surface area contributed by atoms with Crippen molar-refractivity contribution in [2.45, 2.75) is 32.2 Å². The van der Waals surface area contributed by atoms with E-state index in [1.807, 2.05) is 30.3 Å². The molecule has 1 aliphatic carbocycles. The van der Waals surface area contributed by atoms with Crippen molar-refractivity contribution in [1.82, 2.24) is 20.2 Å². The Bertz CT molecular complexity index is 858. The largest absolute Gasteiger partial charge is 0.347 e. The van der Waals surface area contributed by atoms with E-state index < -0.39 is 10.0 Å². The van der Waals surface area contributed by atoms with Crippen molar-refractivity contribution in [3.63, 3.8) is 0 Å². The molecule has 0 radical (unpaired) electrons. The van der Waals surface area contributed by atoms with Crippen LogP contribution in [0, 0.1) is 11.8 Å². The minimum absolute atomic E-state index is 0.0241. The fourth-order valence-electron chi connectivity index (χ4n) is 3.24. The summed E-state index contributed by atoms with van der Waals surface area (Å²) in [4.78, 5) is 16.7. The molecule has 146 valence electrons. The Hall–Kier alpha value is -2.26. The quantitative estimate of drug-likeness (QED) is 0.741. The number of carbonyl (C=O) groups is 1. The average molecular weight is 392 g/mol. The molecule has 3 rings (SSSR count). The Morgan fingerprint density at radius 3 is 2.56 bits per heavy atom. The molecule has 1 aliphatic rings. The number of amides is 1. The van der Waals surface area contributed by atoms with Crippen molar-refractivity contribution in [3.05, 3.63) is 36.2 Å². The maximum absolute atomic E-state index is 12.4. The summed E-state index contributed by atoms with van der Waals surface area (Å²) in [6.07, 6.45) is 4.33. The number of rotatable bonds is 7. The number of nitrogens with zero attached hydrogens (tertiary/aromatic N) is 2. The van der Waals surface area contributed by atoms with E-state index in [9.17, 15) is 13.2 Å². The number of sulfonamides is 1. The van der Waals surface area contributed by atoms with E-state index in [-0.39, 0.29) is 24.3 Å². The molecule has 1 aromatic heterocycles. The number of hydrogen-bond acceptors (Lipinski definition) is 6.